The van der Waals surface area contributed by atoms with E-state index in [9.17, 15) is 43.5 Å². The van der Waals surface area contributed by atoms with E-state index in [1.807, 2.05) is 0 Å². The number of phosphoric acid groups is 2. The minimum Gasteiger partial charge on any atom is -0.463 e. The maximum atomic E-state index is 13.0. The van der Waals surface area contributed by atoms with Gasteiger partial charge in [-0.3, -0.25) is 32.5 Å². The van der Waals surface area contributed by atoms with Crippen molar-refractivity contribution < 1.29 is 75.8 Å². The molecule has 0 heterocycles. The third kappa shape index (κ3) is 76.1. The molecule has 0 aromatic heterocycles. The van der Waals surface area contributed by atoms with Crippen LogP contribution in [0.15, 0.2) is 158 Å². The molecule has 101 heavy (non-hydrogen) atoms. The molecule has 0 radical (unpaired) electrons. The molecule has 0 spiro atoms. The van der Waals surface area contributed by atoms with Crippen LogP contribution >= 0.6 is 15.6 Å². The van der Waals surface area contributed by atoms with Crippen LogP contribution in [0.3, 0.4) is 0 Å². The fourth-order valence-corrected chi connectivity index (χ4v) is 11.5. The second-order valence-electron chi connectivity index (χ2n) is 25.4. The molecule has 0 aromatic rings. The van der Waals surface area contributed by atoms with E-state index < -0.39 is 91.5 Å². The third-order valence-electron chi connectivity index (χ3n) is 15.7. The van der Waals surface area contributed by atoms with Gasteiger partial charge in [0.15, 0.2) is 6.10 Å². The zero-order valence-electron chi connectivity index (χ0n) is 62.8. The van der Waals surface area contributed by atoms with Gasteiger partial charge in [-0.2, -0.15) is 0 Å². The van der Waals surface area contributed by atoms with Crippen LogP contribution < -0.4 is 0 Å². The predicted molar refractivity (Wildman–Crippen MR) is 417 cm³/mol. The maximum Gasteiger partial charge on any atom is 0.472 e. The molecule has 0 aliphatic heterocycles. The molecule has 5 atom stereocenters. The van der Waals surface area contributed by atoms with Crippen molar-refractivity contribution in [1.29, 1.82) is 0 Å². The van der Waals surface area contributed by atoms with Crippen molar-refractivity contribution >= 4 is 33.6 Å². The largest absolute Gasteiger partial charge is 0.472 e. The number of unbranched alkanes of at least 4 members (excludes halogenated alkanes) is 23. The Hall–Kier alpha value is -4.83. The summed E-state index contributed by atoms with van der Waals surface area (Å²) in [5.74, 6) is -1.62. The van der Waals surface area contributed by atoms with Gasteiger partial charge in [0.1, 0.15) is 25.4 Å². The third-order valence-corrected chi connectivity index (χ3v) is 17.6. The monoisotopic (exact) mass is 1450 g/mol. The number of rotatable bonds is 72. The molecule has 0 aliphatic carbocycles. The minimum atomic E-state index is -4.94. The number of phosphoric ester groups is 2. The average Bonchev–Trinajstić information content (AvgIpc) is 1.19. The topological polar surface area (TPSA) is 231 Å². The summed E-state index contributed by atoms with van der Waals surface area (Å²) in [7, 11) is -9.81. The second kappa shape index (κ2) is 74.9. The average molecular weight is 1450 g/mol. The van der Waals surface area contributed by atoms with Crippen LogP contribution in [0.4, 0.5) is 0 Å². The Labute approximate surface area is 612 Å². The first-order valence-electron chi connectivity index (χ1n) is 38.8. The number of carbonyl (C=O) groups is 3. The quantitative estimate of drug-likeness (QED) is 0.0146. The van der Waals surface area contributed by atoms with E-state index in [2.05, 4.69) is 179 Å². The molecule has 0 bridgehead atoms. The Morgan fingerprint density at radius 1 is 0.287 bits per heavy atom. The van der Waals surface area contributed by atoms with E-state index in [-0.39, 0.29) is 19.3 Å². The van der Waals surface area contributed by atoms with Gasteiger partial charge in [0.25, 0.3) is 0 Å². The molecule has 0 saturated heterocycles. The van der Waals surface area contributed by atoms with E-state index in [0.717, 1.165) is 180 Å². The van der Waals surface area contributed by atoms with Crippen LogP contribution in [0.1, 0.15) is 290 Å². The van der Waals surface area contributed by atoms with Crippen LogP contribution in [0.5, 0.6) is 0 Å². The van der Waals surface area contributed by atoms with Gasteiger partial charge >= 0.3 is 33.6 Å². The summed E-state index contributed by atoms with van der Waals surface area (Å²) in [6.45, 7) is 2.37. The number of aliphatic hydroxyl groups is 2. The normalized spacial score (nSPS) is 14.9. The summed E-state index contributed by atoms with van der Waals surface area (Å²) in [6.07, 6.45) is 92.8. The summed E-state index contributed by atoms with van der Waals surface area (Å²) in [4.78, 5) is 58.6. The van der Waals surface area contributed by atoms with Gasteiger partial charge in [-0.15, -0.1) is 0 Å². The second-order valence-corrected chi connectivity index (χ2v) is 28.3. The van der Waals surface area contributed by atoms with Crippen LogP contribution in [0, 0.1) is 0 Å². The van der Waals surface area contributed by atoms with Crippen molar-refractivity contribution in [3.8, 4) is 0 Å². The Morgan fingerprint density at radius 3 is 0.832 bits per heavy atom. The number of hydrogen-bond acceptors (Lipinski definition) is 14. The maximum absolute atomic E-state index is 13.0. The first kappa shape index (κ1) is 96.2. The van der Waals surface area contributed by atoms with Crippen LogP contribution in [0.25, 0.3) is 0 Å². The van der Waals surface area contributed by atoms with E-state index >= 15 is 0 Å². The fourth-order valence-electron chi connectivity index (χ4n) is 9.87. The van der Waals surface area contributed by atoms with Crippen molar-refractivity contribution in [3.63, 3.8) is 0 Å². The molecule has 18 heteroatoms. The number of esters is 3. The van der Waals surface area contributed by atoms with Gasteiger partial charge in [0, 0.05) is 19.3 Å². The predicted octanol–water partition coefficient (Wildman–Crippen LogP) is 22.6. The Morgan fingerprint density at radius 2 is 0.525 bits per heavy atom. The van der Waals surface area contributed by atoms with Gasteiger partial charge < -0.3 is 34.2 Å². The Kier molecular flexibility index (Phi) is 71.3. The van der Waals surface area contributed by atoms with E-state index in [4.69, 9.17) is 32.3 Å². The van der Waals surface area contributed by atoms with Crippen LogP contribution in [0.2, 0.25) is 0 Å². The summed E-state index contributed by atoms with van der Waals surface area (Å²) < 4.78 is 61.1. The molecular weight excluding hydrogens is 1310 g/mol. The summed E-state index contributed by atoms with van der Waals surface area (Å²) in [5, 5.41) is 20.6. The zero-order chi connectivity index (χ0) is 73.7. The minimum absolute atomic E-state index is 0.0787. The van der Waals surface area contributed by atoms with Gasteiger partial charge in [0.05, 0.1) is 26.4 Å². The zero-order valence-corrected chi connectivity index (χ0v) is 64.6. The number of allylic oxidation sites excluding steroid dienone is 26. The molecule has 0 amide bonds. The highest BCUT2D eigenvalue weighted by atomic mass is 31.2. The molecule has 0 rings (SSSR count). The van der Waals surface area contributed by atoms with Crippen LogP contribution in [-0.2, 0) is 55.8 Å². The first-order valence-corrected chi connectivity index (χ1v) is 41.8. The SMILES string of the molecule is CC/C=C\C/C=C\C/C=C\C/C=C\C/C=C\C/C=C\CCCCCCCCC(=O)OCC(O)COP(=O)(O)OCC(O)COP(=O)(O)OCC(COC(=O)CCCCCCCCCCC/C=C\C/C=C\C/C=C\C/C=C\CCCCC)OC(=O)CCCCCCC/C=C\C/C=C\C/C=C\CC. The van der Waals surface area contributed by atoms with Gasteiger partial charge in [0.2, 0.25) is 0 Å². The van der Waals surface area contributed by atoms with Crippen molar-refractivity contribution in [2.45, 2.75) is 309 Å². The van der Waals surface area contributed by atoms with Crippen LogP contribution in [-0.4, -0.2) is 95.9 Å². The highest BCUT2D eigenvalue weighted by molar-refractivity contribution is 7.47. The van der Waals surface area contributed by atoms with Crippen molar-refractivity contribution in [1.82, 2.24) is 0 Å². The van der Waals surface area contributed by atoms with E-state index in [1.54, 1.807) is 0 Å². The molecule has 0 aliphatic rings. The lowest BCUT2D eigenvalue weighted by Crippen LogP contribution is -2.30. The summed E-state index contributed by atoms with van der Waals surface area (Å²) in [6, 6.07) is 0. The molecule has 0 saturated carbocycles. The number of ether oxygens (including phenoxy) is 3. The lowest BCUT2D eigenvalue weighted by molar-refractivity contribution is -0.161. The number of aliphatic hydroxyl groups excluding tert-OH is 2. The smallest absolute Gasteiger partial charge is 0.463 e. The Balaban J connectivity index is 4.64. The van der Waals surface area contributed by atoms with E-state index in [1.165, 1.54) is 51.4 Å². The van der Waals surface area contributed by atoms with Crippen molar-refractivity contribution in [2.75, 3.05) is 39.6 Å². The van der Waals surface area contributed by atoms with Crippen molar-refractivity contribution in [3.05, 3.63) is 158 Å². The van der Waals surface area contributed by atoms with E-state index in [0.29, 0.717) is 19.3 Å². The molecule has 576 valence electrons. The number of carbonyl (C=O) groups excluding carboxylic acids is 3. The molecular formula is C83H138O16P2. The standard InChI is InChI=1S/C83H138O16P2/c1-4-7-10-13-16-19-22-25-28-30-32-34-36-38-40-42-44-46-49-51-54-57-60-63-66-69-81(86)93-72-78(84)73-95-100(89,90)96-74-79(85)75-97-101(91,92)98-77-80(99-83(88)71-68-65-62-59-56-53-48-27-24-21-18-15-12-9-6-3)76-94-82(87)70-67-64-61-58-55-52-50-47-45-43-41-39-37-35-33-31-29-26-23-20-17-14-11-8-5-2/h7,9-10,12,16-21,25-29,32-35,38-41,44,46,48,78-80,84-85H,4-6,8,11,13-15,22-24,30-31,36-37,42-43,45,47,49-77H2,1-3H3,(H,89,90)(H,91,92)/b10-7-,12-9-,19-16-,20-17-,21-18-,28-25-,29-26-,34-32-,35-33-,40-38-,41-39-,46-44-,48-27-. The molecule has 16 nitrogen and oxygen atoms in total. The van der Waals surface area contributed by atoms with Gasteiger partial charge in [-0.25, -0.2) is 9.13 Å². The van der Waals surface area contributed by atoms with Gasteiger partial charge in [-0.05, 0) is 148 Å². The highest BCUT2D eigenvalue weighted by Gasteiger charge is 2.29. The summed E-state index contributed by atoms with van der Waals surface area (Å²) in [5.41, 5.74) is 0. The molecule has 4 N–H and O–H groups in total. The lowest BCUT2D eigenvalue weighted by Gasteiger charge is -2.21. The molecule has 0 aromatic carbocycles. The highest BCUT2D eigenvalue weighted by Crippen LogP contribution is 2.45. The first-order chi connectivity index (χ1) is 49.2. The van der Waals surface area contributed by atoms with Crippen molar-refractivity contribution in [2.24, 2.45) is 0 Å². The number of hydrogen-bond donors (Lipinski definition) is 4. The Bertz CT molecular complexity index is 2470. The summed E-state index contributed by atoms with van der Waals surface area (Å²) >= 11 is 0. The molecule has 0 fully saturated rings. The lowest BCUT2D eigenvalue weighted by atomic mass is 10.1. The fraction of sp³-hybridized carbons (Fsp3) is 0.651. The van der Waals surface area contributed by atoms with Gasteiger partial charge in [-0.1, -0.05) is 281 Å². The molecule has 5 unspecified atom stereocenters.